The van der Waals surface area contributed by atoms with Crippen molar-refractivity contribution in [2.45, 2.75) is 6.92 Å². The molecule has 0 unspecified atom stereocenters. The zero-order valence-electron chi connectivity index (χ0n) is 28.8. The van der Waals surface area contributed by atoms with Crippen LogP contribution in [0.4, 0.5) is 0 Å². The average molecular weight is 682 g/mol. The van der Waals surface area contributed by atoms with E-state index in [1.54, 1.807) is 0 Å². The van der Waals surface area contributed by atoms with Crippen LogP contribution in [0.15, 0.2) is 173 Å². The molecule has 0 spiro atoms. The van der Waals surface area contributed by atoms with E-state index in [0.717, 1.165) is 88.0 Å². The summed E-state index contributed by atoms with van der Waals surface area (Å²) in [7, 11) is 0. The van der Waals surface area contributed by atoms with E-state index in [4.69, 9.17) is 23.8 Å². The molecule has 7 aromatic carbocycles. The van der Waals surface area contributed by atoms with Crippen LogP contribution in [0.3, 0.4) is 0 Å². The number of para-hydroxylation sites is 2. The minimum Gasteiger partial charge on any atom is -0.456 e. The maximum Gasteiger partial charge on any atom is 0.164 e. The summed E-state index contributed by atoms with van der Waals surface area (Å²) in [5.74, 6) is 1.79. The number of benzene rings is 7. The Hall–Kier alpha value is -7.11. The van der Waals surface area contributed by atoms with E-state index < -0.39 is 0 Å². The first-order valence-electron chi connectivity index (χ1n) is 17.7. The first-order valence-corrected chi connectivity index (χ1v) is 17.7. The Kier molecular flexibility index (Phi) is 7.29. The fraction of sp³-hybridized carbons (Fsp3) is 0.0208. The Balaban J connectivity index is 1.19. The van der Waals surface area contributed by atoms with Gasteiger partial charge in [-0.05, 0) is 59.2 Å². The van der Waals surface area contributed by atoms with Crippen LogP contribution in [-0.4, -0.2) is 15.0 Å². The molecule has 10 aromatic rings. The molecule has 0 atom stereocenters. The highest BCUT2D eigenvalue weighted by molar-refractivity contribution is 6.14. The van der Waals surface area contributed by atoms with Gasteiger partial charge in [0.05, 0.1) is 0 Å². The number of rotatable bonds is 6. The summed E-state index contributed by atoms with van der Waals surface area (Å²) in [6, 6.07) is 49.7. The van der Waals surface area contributed by atoms with Gasteiger partial charge in [-0.1, -0.05) is 140 Å². The second kappa shape index (κ2) is 12.6. The molecule has 0 aliphatic heterocycles. The van der Waals surface area contributed by atoms with Crippen molar-refractivity contribution in [2.75, 3.05) is 0 Å². The van der Waals surface area contributed by atoms with Gasteiger partial charge in [-0.2, -0.15) is 0 Å². The van der Waals surface area contributed by atoms with E-state index in [1.807, 2.05) is 85.8 Å². The van der Waals surface area contributed by atoms with Crippen molar-refractivity contribution in [1.82, 2.24) is 15.0 Å². The Morgan fingerprint density at radius 3 is 1.98 bits per heavy atom. The minimum absolute atomic E-state index is 0.577. The molecule has 0 saturated heterocycles. The highest BCUT2D eigenvalue weighted by Gasteiger charge is 2.20. The summed E-state index contributed by atoms with van der Waals surface area (Å²) >= 11 is 0. The fourth-order valence-electron chi connectivity index (χ4n) is 7.42. The van der Waals surface area contributed by atoms with Crippen LogP contribution >= 0.6 is 0 Å². The molecular formula is C48H31N3O2. The number of aromatic nitrogens is 3. The minimum atomic E-state index is 0.577. The Morgan fingerprint density at radius 1 is 0.434 bits per heavy atom. The van der Waals surface area contributed by atoms with Gasteiger partial charge >= 0.3 is 0 Å². The molecule has 0 fully saturated rings. The largest absolute Gasteiger partial charge is 0.456 e. The second-order valence-corrected chi connectivity index (χ2v) is 13.1. The number of nitrogens with zero attached hydrogens (tertiary/aromatic N) is 3. The zero-order valence-corrected chi connectivity index (χ0v) is 28.8. The van der Waals surface area contributed by atoms with Crippen molar-refractivity contribution in [3.8, 4) is 45.3 Å². The van der Waals surface area contributed by atoms with Crippen LogP contribution in [0, 0.1) is 0 Å². The van der Waals surface area contributed by atoms with Gasteiger partial charge in [0.2, 0.25) is 0 Å². The van der Waals surface area contributed by atoms with Gasteiger partial charge < -0.3 is 8.83 Å². The molecule has 5 heteroatoms. The number of hydrogen-bond acceptors (Lipinski definition) is 5. The van der Waals surface area contributed by atoms with Crippen LogP contribution in [0.2, 0.25) is 0 Å². The van der Waals surface area contributed by atoms with Crippen molar-refractivity contribution in [3.05, 3.63) is 169 Å². The first kappa shape index (κ1) is 30.7. The van der Waals surface area contributed by atoms with E-state index in [2.05, 4.69) is 91.0 Å². The van der Waals surface area contributed by atoms with Gasteiger partial charge in [-0.25, -0.2) is 15.0 Å². The molecular weight excluding hydrogens is 651 g/mol. The molecule has 0 saturated carbocycles. The Morgan fingerprint density at radius 2 is 1.11 bits per heavy atom. The Labute approximate surface area is 305 Å². The summed E-state index contributed by atoms with van der Waals surface area (Å²) in [6.45, 7) is 2.02. The van der Waals surface area contributed by atoms with Crippen molar-refractivity contribution >= 4 is 60.7 Å². The zero-order chi connectivity index (χ0) is 35.3. The average Bonchev–Trinajstić information content (AvgIpc) is 3.79. The molecule has 0 N–H and O–H groups in total. The molecule has 53 heavy (non-hydrogen) atoms. The van der Waals surface area contributed by atoms with Crippen molar-refractivity contribution < 1.29 is 8.83 Å². The van der Waals surface area contributed by atoms with Crippen LogP contribution in [-0.2, 0) is 0 Å². The second-order valence-electron chi connectivity index (χ2n) is 13.1. The van der Waals surface area contributed by atoms with Gasteiger partial charge in [0.25, 0.3) is 0 Å². The maximum absolute atomic E-state index is 6.48. The number of furan rings is 2. The summed E-state index contributed by atoms with van der Waals surface area (Å²) in [6.07, 6.45) is 8.26. The quantitative estimate of drug-likeness (QED) is 0.163. The third-order valence-electron chi connectivity index (χ3n) is 9.90. The molecule has 0 bridgehead atoms. The third-order valence-corrected chi connectivity index (χ3v) is 9.90. The van der Waals surface area contributed by atoms with Crippen LogP contribution in [0.5, 0.6) is 0 Å². The van der Waals surface area contributed by atoms with E-state index in [9.17, 15) is 0 Å². The molecule has 250 valence electrons. The van der Waals surface area contributed by atoms with Gasteiger partial charge in [0, 0.05) is 43.8 Å². The summed E-state index contributed by atoms with van der Waals surface area (Å²) in [5.41, 5.74) is 9.22. The lowest BCUT2D eigenvalue weighted by Gasteiger charge is -2.12. The summed E-state index contributed by atoms with van der Waals surface area (Å²) in [5, 5.41) is 6.33. The lowest BCUT2D eigenvalue weighted by Crippen LogP contribution is -2.01. The molecule has 0 radical (unpaired) electrons. The molecule has 3 aromatic heterocycles. The highest BCUT2D eigenvalue weighted by atomic mass is 16.3. The molecule has 0 aliphatic rings. The SMILES string of the molecule is C/C=C\C=C/c1ccc(-c2nc(-c3ccccc3)nc(-c3cccc4oc5ccc(-c6cccc7c6oc6ccccc67)cc5c34)n2)c2ccccc12. The Bertz CT molecular complexity index is 3080. The van der Waals surface area contributed by atoms with Crippen LogP contribution < -0.4 is 0 Å². The standard InChI is InChI=1S/C48H31N3O2/c1-2-3-5-14-30-25-27-38(35-18-9-8-17-33(30)35)47-49-46(31-15-6-4-7-16-31)50-48(51-47)39-22-13-24-43-44(39)40-29-32(26-28-42(40)52-43)34-20-12-21-37-36-19-10-11-23-41(36)53-45(34)37/h2-29H,1H3/b3-2-,14-5-. The predicted octanol–water partition coefficient (Wildman–Crippen LogP) is 13.1. The van der Waals surface area contributed by atoms with Crippen LogP contribution in [0.1, 0.15) is 12.5 Å². The van der Waals surface area contributed by atoms with Crippen molar-refractivity contribution in [3.63, 3.8) is 0 Å². The lowest BCUT2D eigenvalue weighted by atomic mass is 9.98. The maximum atomic E-state index is 6.48. The topological polar surface area (TPSA) is 65.0 Å². The summed E-state index contributed by atoms with van der Waals surface area (Å²) < 4.78 is 12.9. The monoisotopic (exact) mass is 681 g/mol. The first-order chi connectivity index (χ1) is 26.2. The normalized spacial score (nSPS) is 12.1. The number of allylic oxidation sites excluding steroid dienone is 3. The molecule has 5 nitrogen and oxygen atoms in total. The summed E-state index contributed by atoms with van der Waals surface area (Å²) in [4.78, 5) is 15.5. The smallest absolute Gasteiger partial charge is 0.164 e. The van der Waals surface area contributed by atoms with E-state index in [0.29, 0.717) is 17.5 Å². The van der Waals surface area contributed by atoms with Gasteiger partial charge in [-0.15, -0.1) is 0 Å². The van der Waals surface area contributed by atoms with E-state index >= 15 is 0 Å². The van der Waals surface area contributed by atoms with E-state index in [-0.39, 0.29) is 0 Å². The van der Waals surface area contributed by atoms with Crippen LogP contribution in [0.25, 0.3) is 106 Å². The molecule has 0 aliphatic carbocycles. The third kappa shape index (κ3) is 5.21. The van der Waals surface area contributed by atoms with Crippen molar-refractivity contribution in [1.29, 1.82) is 0 Å². The van der Waals surface area contributed by atoms with Gasteiger partial charge in [0.1, 0.15) is 22.3 Å². The van der Waals surface area contributed by atoms with Gasteiger partial charge in [0.15, 0.2) is 17.5 Å². The predicted molar refractivity (Wildman–Crippen MR) is 217 cm³/mol. The highest BCUT2D eigenvalue weighted by Crippen LogP contribution is 2.41. The fourth-order valence-corrected chi connectivity index (χ4v) is 7.42. The van der Waals surface area contributed by atoms with Crippen molar-refractivity contribution in [2.24, 2.45) is 0 Å². The number of fused-ring (bicyclic) bond motifs is 7. The molecule has 3 heterocycles. The molecule has 0 amide bonds. The van der Waals surface area contributed by atoms with Gasteiger partial charge in [-0.3, -0.25) is 0 Å². The lowest BCUT2D eigenvalue weighted by molar-refractivity contribution is 0.668. The number of hydrogen-bond donors (Lipinski definition) is 0. The van der Waals surface area contributed by atoms with E-state index in [1.165, 1.54) is 0 Å². The molecule has 10 rings (SSSR count).